The molecule has 0 bridgehead atoms. The van der Waals surface area contributed by atoms with E-state index in [1.165, 1.54) is 6.07 Å². The van der Waals surface area contributed by atoms with Crippen molar-refractivity contribution in [3.05, 3.63) is 59.1 Å². The van der Waals surface area contributed by atoms with Crippen molar-refractivity contribution in [3.8, 4) is 0 Å². The van der Waals surface area contributed by atoms with Gasteiger partial charge in [0.25, 0.3) is 0 Å². The summed E-state index contributed by atoms with van der Waals surface area (Å²) in [4.78, 5) is 24.7. The number of alkyl halides is 3. The molecule has 2 aromatic rings. The van der Waals surface area contributed by atoms with E-state index in [1.807, 2.05) is 0 Å². The van der Waals surface area contributed by atoms with Crippen molar-refractivity contribution in [2.24, 2.45) is 0 Å². The molecular weight excluding hydrogens is 357 g/mol. The Hall–Kier alpha value is -2.54. The van der Waals surface area contributed by atoms with Gasteiger partial charge in [0.15, 0.2) is 0 Å². The number of rotatable bonds is 4. The predicted octanol–water partition coefficient (Wildman–Crippen LogP) is 4.35. The number of nitrogens with zero attached hydrogens (tertiary/aromatic N) is 1. The van der Waals surface area contributed by atoms with Crippen molar-refractivity contribution in [2.75, 3.05) is 16.8 Å². The molecule has 25 heavy (non-hydrogen) atoms. The smallest absolute Gasteiger partial charge is 0.325 e. The molecule has 1 N–H and O–H groups in total. The zero-order valence-electron chi connectivity index (χ0n) is 13.1. The standard InChI is InChI=1S/C17H14ClF3N2O2/c1-11(24)23(10-16(25)22-13-5-3-2-4-6-13)15-8-7-12(18)9-14(15)17(19,20)21/h2-9H,10H2,1H3,(H,22,25). The number of carbonyl (C=O) groups excluding carboxylic acids is 2. The fourth-order valence-electron chi connectivity index (χ4n) is 2.20. The van der Waals surface area contributed by atoms with Gasteiger partial charge in [-0.2, -0.15) is 13.2 Å². The summed E-state index contributed by atoms with van der Waals surface area (Å²) in [5, 5.41) is 2.41. The van der Waals surface area contributed by atoms with Crippen LogP contribution in [0.1, 0.15) is 12.5 Å². The van der Waals surface area contributed by atoms with E-state index in [1.54, 1.807) is 30.3 Å². The van der Waals surface area contributed by atoms with Crippen LogP contribution in [0.15, 0.2) is 48.5 Å². The van der Waals surface area contributed by atoms with Gasteiger partial charge in [-0.25, -0.2) is 0 Å². The Morgan fingerprint density at radius 3 is 2.32 bits per heavy atom. The fourth-order valence-corrected chi connectivity index (χ4v) is 2.37. The molecule has 8 heteroatoms. The number of para-hydroxylation sites is 1. The van der Waals surface area contributed by atoms with Gasteiger partial charge in [0.2, 0.25) is 11.8 Å². The molecule has 0 aliphatic carbocycles. The highest BCUT2D eigenvalue weighted by Crippen LogP contribution is 2.38. The molecule has 132 valence electrons. The summed E-state index contributed by atoms with van der Waals surface area (Å²) >= 11 is 5.64. The lowest BCUT2D eigenvalue weighted by atomic mass is 10.1. The summed E-state index contributed by atoms with van der Waals surface area (Å²) in [6.45, 7) is 0.527. The molecule has 0 aliphatic rings. The minimum absolute atomic E-state index is 0.117. The second kappa shape index (κ2) is 7.57. The number of carbonyl (C=O) groups is 2. The molecule has 0 unspecified atom stereocenters. The van der Waals surface area contributed by atoms with Crippen LogP contribution in [0.5, 0.6) is 0 Å². The molecule has 0 saturated carbocycles. The molecule has 0 saturated heterocycles. The van der Waals surface area contributed by atoms with Gasteiger partial charge in [0, 0.05) is 17.6 Å². The Morgan fingerprint density at radius 1 is 1.12 bits per heavy atom. The molecule has 0 aliphatic heterocycles. The molecule has 4 nitrogen and oxygen atoms in total. The van der Waals surface area contributed by atoms with Gasteiger partial charge in [-0.15, -0.1) is 0 Å². The molecule has 2 amide bonds. The second-order valence-electron chi connectivity index (χ2n) is 5.18. The largest absolute Gasteiger partial charge is 0.418 e. The SMILES string of the molecule is CC(=O)N(CC(=O)Nc1ccccc1)c1ccc(Cl)cc1C(F)(F)F. The summed E-state index contributed by atoms with van der Waals surface area (Å²) in [5.74, 6) is -1.32. The van der Waals surface area contributed by atoms with E-state index in [0.29, 0.717) is 5.69 Å². The van der Waals surface area contributed by atoms with Crippen LogP contribution in [-0.4, -0.2) is 18.4 Å². The van der Waals surface area contributed by atoms with E-state index in [2.05, 4.69) is 5.32 Å². The number of halogens is 4. The summed E-state index contributed by atoms with van der Waals surface area (Å²) < 4.78 is 39.7. The van der Waals surface area contributed by atoms with Gasteiger partial charge < -0.3 is 10.2 Å². The Labute approximate surface area is 147 Å². The normalized spacial score (nSPS) is 11.1. The van der Waals surface area contributed by atoms with E-state index >= 15 is 0 Å². The van der Waals surface area contributed by atoms with Crippen molar-refractivity contribution in [3.63, 3.8) is 0 Å². The maximum absolute atomic E-state index is 13.2. The summed E-state index contributed by atoms with van der Waals surface area (Å²) in [7, 11) is 0. The van der Waals surface area contributed by atoms with E-state index in [-0.39, 0.29) is 5.02 Å². The maximum Gasteiger partial charge on any atom is 0.418 e. The first-order valence-electron chi connectivity index (χ1n) is 7.18. The van der Waals surface area contributed by atoms with Crippen LogP contribution in [0.2, 0.25) is 5.02 Å². The summed E-state index contributed by atoms with van der Waals surface area (Å²) in [6, 6.07) is 11.4. The third kappa shape index (κ3) is 4.96. The second-order valence-corrected chi connectivity index (χ2v) is 5.62. The highest BCUT2D eigenvalue weighted by Gasteiger charge is 2.36. The van der Waals surface area contributed by atoms with E-state index in [4.69, 9.17) is 11.6 Å². The molecule has 0 radical (unpaired) electrons. The highest BCUT2D eigenvalue weighted by molar-refractivity contribution is 6.30. The van der Waals surface area contributed by atoms with Crippen LogP contribution in [0.25, 0.3) is 0 Å². The van der Waals surface area contributed by atoms with E-state index < -0.39 is 35.8 Å². The first kappa shape index (κ1) is 18.8. The zero-order chi connectivity index (χ0) is 18.6. The van der Waals surface area contributed by atoms with Crippen LogP contribution in [0.4, 0.5) is 24.5 Å². The van der Waals surface area contributed by atoms with Crippen LogP contribution >= 0.6 is 11.6 Å². The van der Waals surface area contributed by atoms with Gasteiger partial charge in [-0.05, 0) is 30.3 Å². The summed E-state index contributed by atoms with van der Waals surface area (Å²) in [6.07, 6.45) is -4.72. The van der Waals surface area contributed by atoms with Crippen LogP contribution in [-0.2, 0) is 15.8 Å². The first-order valence-corrected chi connectivity index (χ1v) is 7.56. The Morgan fingerprint density at radius 2 is 1.76 bits per heavy atom. The lowest BCUT2D eigenvalue weighted by molar-refractivity contribution is -0.137. The molecule has 0 fully saturated rings. The number of hydrogen-bond donors (Lipinski definition) is 1. The van der Waals surface area contributed by atoms with Crippen molar-refractivity contribution in [1.29, 1.82) is 0 Å². The Bertz CT molecular complexity index is 779. The van der Waals surface area contributed by atoms with Crippen molar-refractivity contribution in [2.45, 2.75) is 13.1 Å². The monoisotopic (exact) mass is 370 g/mol. The maximum atomic E-state index is 13.2. The molecule has 0 spiro atoms. The van der Waals surface area contributed by atoms with Gasteiger partial charge in [0.05, 0.1) is 11.3 Å². The average Bonchev–Trinajstić information content (AvgIpc) is 2.53. The third-order valence-corrected chi connectivity index (χ3v) is 3.53. The zero-order valence-corrected chi connectivity index (χ0v) is 13.9. The molecular formula is C17H14ClF3N2O2. The minimum Gasteiger partial charge on any atom is -0.325 e. The van der Waals surface area contributed by atoms with Crippen LogP contribution in [0, 0.1) is 0 Å². The lowest BCUT2D eigenvalue weighted by Gasteiger charge is -2.24. The van der Waals surface area contributed by atoms with E-state index in [0.717, 1.165) is 24.0 Å². The van der Waals surface area contributed by atoms with Crippen molar-refractivity contribution < 1.29 is 22.8 Å². The molecule has 2 aromatic carbocycles. The number of nitrogens with one attached hydrogen (secondary N) is 1. The van der Waals surface area contributed by atoms with Gasteiger partial charge in [-0.3, -0.25) is 9.59 Å². The highest BCUT2D eigenvalue weighted by atomic mass is 35.5. The number of amides is 2. The summed E-state index contributed by atoms with van der Waals surface area (Å²) in [5.41, 5.74) is -1.03. The number of anilines is 2. The van der Waals surface area contributed by atoms with Crippen LogP contribution < -0.4 is 10.2 Å². The van der Waals surface area contributed by atoms with Gasteiger partial charge in [-0.1, -0.05) is 29.8 Å². The first-order chi connectivity index (χ1) is 11.7. The van der Waals surface area contributed by atoms with Gasteiger partial charge in [0.1, 0.15) is 6.54 Å². The number of benzene rings is 2. The fraction of sp³-hybridized carbons (Fsp3) is 0.176. The molecule has 0 aromatic heterocycles. The predicted molar refractivity (Wildman–Crippen MR) is 89.6 cm³/mol. The molecule has 0 heterocycles. The van der Waals surface area contributed by atoms with Crippen molar-refractivity contribution in [1.82, 2.24) is 0 Å². The topological polar surface area (TPSA) is 49.4 Å². The van der Waals surface area contributed by atoms with Gasteiger partial charge >= 0.3 is 6.18 Å². The Kier molecular flexibility index (Phi) is 5.69. The van der Waals surface area contributed by atoms with Crippen LogP contribution in [0.3, 0.4) is 0 Å². The van der Waals surface area contributed by atoms with E-state index in [9.17, 15) is 22.8 Å². The third-order valence-electron chi connectivity index (χ3n) is 3.29. The minimum atomic E-state index is -4.72. The molecule has 2 rings (SSSR count). The number of hydrogen-bond acceptors (Lipinski definition) is 2. The van der Waals surface area contributed by atoms with Crippen molar-refractivity contribution >= 4 is 34.8 Å². The Balaban J connectivity index is 2.30. The average molecular weight is 371 g/mol. The molecule has 0 atom stereocenters. The lowest BCUT2D eigenvalue weighted by Crippen LogP contribution is -2.37. The quantitative estimate of drug-likeness (QED) is 0.869.